The maximum Gasteiger partial charge on any atom is 0.229 e. The summed E-state index contributed by atoms with van der Waals surface area (Å²) in [4.78, 5) is 21.8. The number of methoxy groups -OCH3 is 1. The first-order chi connectivity index (χ1) is 14.4. The number of benzene rings is 1. The van der Waals surface area contributed by atoms with E-state index in [2.05, 4.69) is 35.9 Å². The van der Waals surface area contributed by atoms with Crippen molar-refractivity contribution in [1.82, 2.24) is 19.9 Å². The van der Waals surface area contributed by atoms with Crippen molar-refractivity contribution in [1.29, 1.82) is 0 Å². The highest BCUT2D eigenvalue weighted by Gasteiger charge is 2.46. The lowest BCUT2D eigenvalue weighted by Crippen LogP contribution is -2.44. The fourth-order valence-electron chi connectivity index (χ4n) is 4.80. The minimum absolute atomic E-state index is 0.197. The first-order valence-electron chi connectivity index (χ1n) is 10.8. The maximum absolute atomic E-state index is 12.8. The predicted octanol–water partition coefficient (Wildman–Crippen LogP) is 3.43. The Bertz CT molecular complexity index is 869. The van der Waals surface area contributed by atoms with Crippen LogP contribution >= 0.6 is 0 Å². The Morgan fingerprint density at radius 3 is 2.57 bits per heavy atom. The second kappa shape index (κ2) is 8.38. The average molecular weight is 413 g/mol. The first kappa shape index (κ1) is 20.8. The third-order valence-electron chi connectivity index (χ3n) is 6.68. The second-order valence-electron chi connectivity index (χ2n) is 9.19. The summed E-state index contributed by atoms with van der Waals surface area (Å²) in [5.41, 5.74) is 1.26. The van der Waals surface area contributed by atoms with Crippen LogP contribution in [0, 0.1) is 5.41 Å². The zero-order valence-corrected chi connectivity index (χ0v) is 18.4. The number of carbonyl (C=O) groups excluding carboxylic acids is 1. The van der Waals surface area contributed by atoms with E-state index in [4.69, 9.17) is 9.26 Å². The van der Waals surface area contributed by atoms with E-state index in [1.807, 2.05) is 29.2 Å². The number of aromatic nitrogens is 2. The summed E-state index contributed by atoms with van der Waals surface area (Å²) in [6.07, 6.45) is 3.52. The van der Waals surface area contributed by atoms with Gasteiger partial charge in [0.25, 0.3) is 0 Å². The summed E-state index contributed by atoms with van der Waals surface area (Å²) in [6.45, 7) is 6.79. The fraction of sp³-hybridized carbons (Fsp3) is 0.609. The Morgan fingerprint density at radius 2 is 1.97 bits per heavy atom. The summed E-state index contributed by atoms with van der Waals surface area (Å²) < 4.78 is 10.6. The van der Waals surface area contributed by atoms with Gasteiger partial charge in [-0.2, -0.15) is 4.98 Å². The van der Waals surface area contributed by atoms with Crippen LogP contribution in [0.15, 0.2) is 28.8 Å². The minimum Gasteiger partial charge on any atom is -0.497 e. The number of hydrogen-bond acceptors (Lipinski definition) is 6. The second-order valence-corrected chi connectivity index (χ2v) is 9.19. The van der Waals surface area contributed by atoms with Gasteiger partial charge in [-0.25, -0.2) is 0 Å². The quantitative estimate of drug-likeness (QED) is 0.749. The molecular weight excluding hydrogens is 380 g/mol. The molecule has 2 saturated heterocycles. The van der Waals surface area contributed by atoms with E-state index in [0.29, 0.717) is 12.3 Å². The Morgan fingerprint density at radius 1 is 1.27 bits per heavy atom. The summed E-state index contributed by atoms with van der Waals surface area (Å²) in [6, 6.07) is 7.95. The van der Waals surface area contributed by atoms with Gasteiger partial charge in [-0.15, -0.1) is 0 Å². The molecule has 1 aromatic heterocycles. The fourth-order valence-corrected chi connectivity index (χ4v) is 4.80. The van der Waals surface area contributed by atoms with Crippen LogP contribution in [0.25, 0.3) is 0 Å². The number of nitrogens with zero attached hydrogens (tertiary/aromatic N) is 4. The van der Waals surface area contributed by atoms with E-state index in [1.54, 1.807) is 7.11 Å². The molecule has 0 saturated carbocycles. The molecule has 2 aliphatic rings. The zero-order valence-electron chi connectivity index (χ0n) is 18.4. The van der Waals surface area contributed by atoms with E-state index in [-0.39, 0.29) is 23.3 Å². The largest absolute Gasteiger partial charge is 0.497 e. The highest BCUT2D eigenvalue weighted by atomic mass is 16.5. The molecule has 1 atom stereocenters. The minimum atomic E-state index is 0.197. The van der Waals surface area contributed by atoms with Crippen molar-refractivity contribution in [2.45, 2.75) is 51.5 Å². The Hall–Kier alpha value is -2.41. The van der Waals surface area contributed by atoms with Crippen molar-refractivity contribution in [3.63, 3.8) is 0 Å². The molecule has 1 aromatic carbocycles. The lowest BCUT2D eigenvalue weighted by atomic mass is 9.76. The molecule has 3 heterocycles. The highest BCUT2D eigenvalue weighted by molar-refractivity contribution is 5.79. The molecule has 30 heavy (non-hydrogen) atoms. The Labute approximate surface area is 178 Å². The van der Waals surface area contributed by atoms with Crippen LogP contribution < -0.4 is 4.74 Å². The molecule has 0 N–H and O–H groups in total. The summed E-state index contributed by atoms with van der Waals surface area (Å²) in [7, 11) is 3.79. The molecule has 1 spiro atoms. The lowest BCUT2D eigenvalue weighted by Gasteiger charge is -2.39. The SMILES string of the molecule is COc1ccc(CC(=O)N2CCC3(CC2)CC(c2noc(C(C)C)n2)N(C)C3)cc1. The number of ether oxygens (including phenoxy) is 1. The van der Waals surface area contributed by atoms with Gasteiger partial charge >= 0.3 is 0 Å². The summed E-state index contributed by atoms with van der Waals surface area (Å²) in [5, 5.41) is 4.25. The molecule has 2 aliphatic heterocycles. The van der Waals surface area contributed by atoms with E-state index in [1.165, 1.54) is 0 Å². The van der Waals surface area contributed by atoms with E-state index in [9.17, 15) is 4.79 Å². The summed E-state index contributed by atoms with van der Waals surface area (Å²) >= 11 is 0. The number of likely N-dealkylation sites (tertiary alicyclic amines) is 2. The molecule has 0 bridgehead atoms. The van der Waals surface area contributed by atoms with Gasteiger partial charge in [0.1, 0.15) is 5.75 Å². The predicted molar refractivity (Wildman–Crippen MR) is 113 cm³/mol. The molecule has 1 unspecified atom stereocenters. The summed E-state index contributed by atoms with van der Waals surface area (Å²) in [5.74, 6) is 2.77. The van der Waals surface area contributed by atoms with E-state index >= 15 is 0 Å². The van der Waals surface area contributed by atoms with Crippen LogP contribution in [0.3, 0.4) is 0 Å². The van der Waals surface area contributed by atoms with Crippen LogP contribution in [0.2, 0.25) is 0 Å². The molecule has 7 nitrogen and oxygen atoms in total. The van der Waals surface area contributed by atoms with Crippen LogP contribution in [0.1, 0.15) is 62.3 Å². The van der Waals surface area contributed by atoms with Crippen LogP contribution in [0.5, 0.6) is 5.75 Å². The van der Waals surface area contributed by atoms with Crippen molar-refractivity contribution in [3.05, 3.63) is 41.5 Å². The molecule has 1 amide bonds. The van der Waals surface area contributed by atoms with E-state index < -0.39 is 0 Å². The van der Waals surface area contributed by atoms with Crippen molar-refractivity contribution in [3.8, 4) is 5.75 Å². The third-order valence-corrected chi connectivity index (χ3v) is 6.68. The lowest BCUT2D eigenvalue weighted by molar-refractivity contribution is -0.132. The van der Waals surface area contributed by atoms with Gasteiger partial charge in [0.05, 0.1) is 19.6 Å². The van der Waals surface area contributed by atoms with Gasteiger partial charge in [0.15, 0.2) is 5.82 Å². The van der Waals surface area contributed by atoms with Gasteiger partial charge in [0.2, 0.25) is 11.8 Å². The van der Waals surface area contributed by atoms with Gasteiger partial charge in [-0.05, 0) is 49.4 Å². The molecule has 4 rings (SSSR count). The average Bonchev–Trinajstić information content (AvgIpc) is 3.34. The highest BCUT2D eigenvalue weighted by Crippen LogP contribution is 2.47. The van der Waals surface area contributed by atoms with Crippen LogP contribution in [-0.2, 0) is 11.2 Å². The number of amides is 1. The third kappa shape index (κ3) is 4.21. The molecule has 0 radical (unpaired) electrons. The van der Waals surface area contributed by atoms with Gasteiger partial charge < -0.3 is 14.2 Å². The molecule has 2 aromatic rings. The van der Waals surface area contributed by atoms with Gasteiger partial charge in [0, 0.05) is 25.6 Å². The standard InChI is InChI=1S/C23H32N4O3/c1-16(2)22-24-21(25-30-22)19-14-23(15-26(19)3)9-11-27(12-10-23)20(28)13-17-5-7-18(29-4)8-6-17/h5-8,16,19H,9-15H2,1-4H3. The number of piperidine rings is 1. The molecule has 162 valence electrons. The zero-order chi connectivity index (χ0) is 21.3. The first-order valence-corrected chi connectivity index (χ1v) is 10.8. The van der Waals surface area contributed by atoms with Gasteiger partial charge in [-0.3, -0.25) is 9.69 Å². The molecule has 7 heteroatoms. The van der Waals surface area contributed by atoms with Crippen molar-refractivity contribution < 1.29 is 14.1 Å². The van der Waals surface area contributed by atoms with Gasteiger partial charge in [-0.1, -0.05) is 31.1 Å². The number of carbonyl (C=O) groups is 1. The topological polar surface area (TPSA) is 71.7 Å². The Balaban J connectivity index is 1.34. The molecular formula is C23H32N4O3. The van der Waals surface area contributed by atoms with Crippen LogP contribution in [-0.4, -0.2) is 59.6 Å². The molecule has 0 aliphatic carbocycles. The van der Waals surface area contributed by atoms with E-state index in [0.717, 1.165) is 56.0 Å². The van der Waals surface area contributed by atoms with Crippen molar-refractivity contribution in [2.24, 2.45) is 5.41 Å². The number of rotatable bonds is 5. The number of hydrogen-bond donors (Lipinski definition) is 0. The smallest absolute Gasteiger partial charge is 0.229 e. The van der Waals surface area contributed by atoms with Crippen LogP contribution in [0.4, 0.5) is 0 Å². The maximum atomic E-state index is 12.8. The van der Waals surface area contributed by atoms with Crippen molar-refractivity contribution >= 4 is 5.91 Å². The molecule has 2 fully saturated rings. The van der Waals surface area contributed by atoms with Crippen molar-refractivity contribution in [2.75, 3.05) is 33.8 Å². The Kier molecular flexibility index (Phi) is 5.82. The normalized spacial score (nSPS) is 21.5. The monoisotopic (exact) mass is 412 g/mol.